The molecule has 0 unspecified atom stereocenters. The molecule has 3 aromatic rings. The van der Waals surface area contributed by atoms with Gasteiger partial charge in [0.2, 0.25) is 0 Å². The van der Waals surface area contributed by atoms with E-state index in [-0.39, 0.29) is 12.0 Å². The van der Waals surface area contributed by atoms with Crippen LogP contribution in [0.25, 0.3) is 21.8 Å². The summed E-state index contributed by atoms with van der Waals surface area (Å²) in [5.74, 6) is -0.0851. The van der Waals surface area contributed by atoms with Gasteiger partial charge >= 0.3 is 0 Å². The number of hydrogen-bond acceptors (Lipinski definition) is 4. The third kappa shape index (κ3) is 5.25. The number of ether oxygens (including phenoxy) is 1. The van der Waals surface area contributed by atoms with Crippen molar-refractivity contribution in [2.24, 2.45) is 0 Å². The van der Waals surface area contributed by atoms with Crippen molar-refractivity contribution in [1.82, 2.24) is 10.3 Å². The standard InChI is InChI=1S/C22H24N2O2S/c1-16(2)26-15-9-14-23-21(25)20-19(17-10-5-3-6-11-17)24-22(27-20)18-12-7-4-8-13-18/h3-8,10-13,16H,9,14-15H2,1-2H3,(H,23,25). The second-order valence-electron chi connectivity index (χ2n) is 6.46. The number of carbonyl (C=O) groups excluding carboxylic acids is 1. The Morgan fingerprint density at radius 2 is 1.67 bits per heavy atom. The lowest BCUT2D eigenvalue weighted by atomic mass is 10.1. The lowest BCUT2D eigenvalue weighted by molar-refractivity contribution is 0.0757. The Morgan fingerprint density at radius 1 is 1.04 bits per heavy atom. The van der Waals surface area contributed by atoms with Gasteiger partial charge in [-0.2, -0.15) is 0 Å². The summed E-state index contributed by atoms with van der Waals surface area (Å²) in [6.07, 6.45) is 0.995. The number of amides is 1. The average molecular weight is 381 g/mol. The highest BCUT2D eigenvalue weighted by molar-refractivity contribution is 7.17. The van der Waals surface area contributed by atoms with Gasteiger partial charge in [0, 0.05) is 24.3 Å². The number of nitrogens with zero attached hydrogens (tertiary/aromatic N) is 1. The summed E-state index contributed by atoms with van der Waals surface area (Å²) in [5.41, 5.74) is 2.70. The zero-order valence-corrected chi connectivity index (χ0v) is 16.5. The van der Waals surface area contributed by atoms with Gasteiger partial charge in [0.15, 0.2) is 0 Å². The first-order chi connectivity index (χ1) is 13.1. The molecule has 0 saturated heterocycles. The van der Waals surface area contributed by atoms with E-state index in [0.29, 0.717) is 18.0 Å². The summed E-state index contributed by atoms with van der Waals surface area (Å²) >= 11 is 1.43. The first-order valence-electron chi connectivity index (χ1n) is 9.16. The molecule has 0 spiro atoms. The van der Waals surface area contributed by atoms with Gasteiger partial charge in [0.05, 0.1) is 11.8 Å². The highest BCUT2D eigenvalue weighted by atomic mass is 32.1. The maximum absolute atomic E-state index is 12.8. The fourth-order valence-corrected chi connectivity index (χ4v) is 3.65. The van der Waals surface area contributed by atoms with E-state index in [2.05, 4.69) is 5.32 Å². The largest absolute Gasteiger partial charge is 0.379 e. The summed E-state index contributed by atoms with van der Waals surface area (Å²) in [6.45, 7) is 5.24. The Hall–Kier alpha value is -2.50. The number of nitrogens with one attached hydrogen (secondary N) is 1. The minimum atomic E-state index is -0.0851. The predicted octanol–water partition coefficient (Wildman–Crippen LogP) is 5.02. The summed E-state index contributed by atoms with van der Waals surface area (Å²) in [5, 5.41) is 3.85. The third-order valence-electron chi connectivity index (χ3n) is 3.96. The third-order valence-corrected chi connectivity index (χ3v) is 5.06. The van der Waals surface area contributed by atoms with Gasteiger partial charge < -0.3 is 10.1 Å². The van der Waals surface area contributed by atoms with E-state index in [4.69, 9.17) is 9.72 Å². The molecule has 2 aromatic carbocycles. The molecule has 4 nitrogen and oxygen atoms in total. The van der Waals surface area contributed by atoms with E-state index in [0.717, 1.165) is 28.2 Å². The van der Waals surface area contributed by atoms with Gasteiger partial charge in [0.1, 0.15) is 9.88 Å². The second-order valence-corrected chi connectivity index (χ2v) is 7.46. The van der Waals surface area contributed by atoms with Crippen LogP contribution in [0.15, 0.2) is 60.7 Å². The summed E-state index contributed by atoms with van der Waals surface area (Å²) in [7, 11) is 0. The van der Waals surface area contributed by atoms with E-state index in [9.17, 15) is 4.79 Å². The van der Waals surface area contributed by atoms with Crippen LogP contribution in [0.5, 0.6) is 0 Å². The first-order valence-corrected chi connectivity index (χ1v) is 9.98. The minimum absolute atomic E-state index is 0.0851. The zero-order chi connectivity index (χ0) is 19.1. The SMILES string of the molecule is CC(C)OCCCNC(=O)c1sc(-c2ccccc2)nc1-c1ccccc1. The number of thiazole rings is 1. The summed E-state index contributed by atoms with van der Waals surface area (Å²) < 4.78 is 5.52. The Bertz CT molecular complexity index is 861. The van der Waals surface area contributed by atoms with Crippen LogP contribution in [0.1, 0.15) is 29.9 Å². The number of rotatable bonds is 8. The topological polar surface area (TPSA) is 51.2 Å². The van der Waals surface area contributed by atoms with Crippen LogP contribution in [-0.2, 0) is 4.74 Å². The Balaban J connectivity index is 1.80. The van der Waals surface area contributed by atoms with Gasteiger partial charge in [-0.1, -0.05) is 60.7 Å². The van der Waals surface area contributed by atoms with Gasteiger partial charge in [-0.15, -0.1) is 11.3 Å². The van der Waals surface area contributed by atoms with Crippen molar-refractivity contribution >= 4 is 17.2 Å². The Kier molecular flexibility index (Phi) is 6.74. The maximum Gasteiger partial charge on any atom is 0.263 e. The number of benzene rings is 2. The smallest absolute Gasteiger partial charge is 0.263 e. The van der Waals surface area contributed by atoms with Crippen LogP contribution in [0.4, 0.5) is 0 Å². The van der Waals surface area contributed by atoms with Crippen molar-refractivity contribution in [1.29, 1.82) is 0 Å². The van der Waals surface area contributed by atoms with Crippen molar-refractivity contribution in [3.05, 3.63) is 65.5 Å². The van der Waals surface area contributed by atoms with E-state index in [1.54, 1.807) is 0 Å². The van der Waals surface area contributed by atoms with Crippen molar-refractivity contribution in [2.75, 3.05) is 13.2 Å². The quantitative estimate of drug-likeness (QED) is 0.558. The zero-order valence-electron chi connectivity index (χ0n) is 15.6. The number of hydrogen-bond donors (Lipinski definition) is 1. The van der Waals surface area contributed by atoms with Crippen molar-refractivity contribution in [3.63, 3.8) is 0 Å². The molecule has 0 aliphatic rings. The highest BCUT2D eigenvalue weighted by Crippen LogP contribution is 2.33. The van der Waals surface area contributed by atoms with Crippen LogP contribution in [0.3, 0.4) is 0 Å². The predicted molar refractivity (Wildman–Crippen MR) is 111 cm³/mol. The van der Waals surface area contributed by atoms with Crippen molar-refractivity contribution in [2.45, 2.75) is 26.4 Å². The molecule has 0 bridgehead atoms. The molecule has 3 rings (SSSR count). The highest BCUT2D eigenvalue weighted by Gasteiger charge is 2.19. The molecule has 0 radical (unpaired) electrons. The van der Waals surface area contributed by atoms with Crippen molar-refractivity contribution < 1.29 is 9.53 Å². The monoisotopic (exact) mass is 380 g/mol. The molecule has 1 heterocycles. The molecule has 1 amide bonds. The Morgan fingerprint density at radius 3 is 2.30 bits per heavy atom. The minimum Gasteiger partial charge on any atom is -0.379 e. The molecule has 27 heavy (non-hydrogen) atoms. The summed E-state index contributed by atoms with van der Waals surface area (Å²) in [6, 6.07) is 19.8. The van der Waals surface area contributed by atoms with Crippen LogP contribution in [0, 0.1) is 0 Å². The molecular weight excluding hydrogens is 356 g/mol. The lowest BCUT2D eigenvalue weighted by Crippen LogP contribution is -2.25. The van der Waals surface area contributed by atoms with E-state index >= 15 is 0 Å². The molecule has 1 aromatic heterocycles. The molecule has 0 aliphatic heterocycles. The molecule has 0 fully saturated rings. The number of aromatic nitrogens is 1. The average Bonchev–Trinajstić information content (AvgIpc) is 3.14. The van der Waals surface area contributed by atoms with E-state index in [1.165, 1.54) is 11.3 Å². The molecular formula is C22H24N2O2S. The normalized spacial score (nSPS) is 10.9. The summed E-state index contributed by atoms with van der Waals surface area (Å²) in [4.78, 5) is 18.2. The van der Waals surface area contributed by atoms with Gasteiger partial charge in [-0.05, 0) is 20.3 Å². The molecule has 0 atom stereocenters. The second kappa shape index (κ2) is 9.44. The first kappa shape index (κ1) is 19.3. The van der Waals surface area contributed by atoms with E-state index < -0.39 is 0 Å². The lowest BCUT2D eigenvalue weighted by Gasteiger charge is -2.08. The van der Waals surface area contributed by atoms with Crippen LogP contribution in [-0.4, -0.2) is 30.1 Å². The molecule has 5 heteroatoms. The van der Waals surface area contributed by atoms with Crippen LogP contribution < -0.4 is 5.32 Å². The number of carbonyl (C=O) groups is 1. The van der Waals surface area contributed by atoms with Gasteiger partial charge in [-0.3, -0.25) is 4.79 Å². The molecule has 0 aliphatic carbocycles. The molecule has 0 saturated carbocycles. The van der Waals surface area contributed by atoms with Gasteiger partial charge in [0.25, 0.3) is 5.91 Å². The van der Waals surface area contributed by atoms with E-state index in [1.807, 2.05) is 74.5 Å². The maximum atomic E-state index is 12.8. The molecule has 140 valence electrons. The fourth-order valence-electron chi connectivity index (χ4n) is 2.64. The fraction of sp³-hybridized carbons (Fsp3) is 0.273. The van der Waals surface area contributed by atoms with Gasteiger partial charge in [-0.25, -0.2) is 4.98 Å². The van der Waals surface area contributed by atoms with Crippen LogP contribution >= 0.6 is 11.3 Å². The van der Waals surface area contributed by atoms with Crippen molar-refractivity contribution in [3.8, 4) is 21.8 Å². The van der Waals surface area contributed by atoms with Crippen LogP contribution in [0.2, 0.25) is 0 Å². The Labute approximate surface area is 164 Å². The molecule has 1 N–H and O–H groups in total.